The molecule has 1 unspecified atom stereocenters. The van der Waals surface area contributed by atoms with Crippen LogP contribution in [-0.2, 0) is 11.2 Å². The molecule has 168 valence electrons. The van der Waals surface area contributed by atoms with E-state index in [0.29, 0.717) is 12.3 Å². The highest BCUT2D eigenvalue weighted by atomic mass is 16.3. The van der Waals surface area contributed by atoms with Crippen LogP contribution in [0.1, 0.15) is 36.8 Å². The number of nitrogens with zero attached hydrogens (tertiary/aromatic N) is 3. The van der Waals surface area contributed by atoms with Crippen LogP contribution in [0.4, 0.5) is 5.69 Å². The molecule has 0 aliphatic carbocycles. The molecule has 1 aromatic heterocycles. The summed E-state index contributed by atoms with van der Waals surface area (Å²) in [5.74, 6) is 0.820. The van der Waals surface area contributed by atoms with E-state index in [0.717, 1.165) is 48.0 Å². The van der Waals surface area contributed by atoms with E-state index in [-0.39, 0.29) is 11.9 Å². The third-order valence-electron chi connectivity index (χ3n) is 6.45. The molecule has 5 heteroatoms. The highest BCUT2D eigenvalue weighted by molar-refractivity contribution is 5.81. The SMILES string of the molecule is CN(C)c1ccc(-c2ccc3oc(C4CCCN4C(=O)CCc4ccccc4)nc3c2)cc1. The lowest BCUT2D eigenvalue weighted by molar-refractivity contribution is -0.132. The molecular formula is C28H29N3O2. The van der Waals surface area contributed by atoms with Crippen molar-refractivity contribution < 1.29 is 9.21 Å². The molecule has 1 saturated heterocycles. The Hall–Kier alpha value is -3.60. The molecule has 1 atom stereocenters. The predicted molar refractivity (Wildman–Crippen MR) is 132 cm³/mol. The summed E-state index contributed by atoms with van der Waals surface area (Å²) in [4.78, 5) is 21.8. The highest BCUT2D eigenvalue weighted by Crippen LogP contribution is 2.35. The number of oxazole rings is 1. The van der Waals surface area contributed by atoms with E-state index in [1.807, 2.05) is 43.3 Å². The monoisotopic (exact) mass is 439 g/mol. The molecular weight excluding hydrogens is 410 g/mol. The number of aromatic nitrogens is 1. The molecule has 0 bridgehead atoms. The van der Waals surface area contributed by atoms with E-state index in [9.17, 15) is 4.79 Å². The molecule has 0 N–H and O–H groups in total. The van der Waals surface area contributed by atoms with Gasteiger partial charge in [0.2, 0.25) is 11.8 Å². The smallest absolute Gasteiger partial charge is 0.223 e. The summed E-state index contributed by atoms with van der Waals surface area (Å²) >= 11 is 0. The van der Waals surface area contributed by atoms with Gasteiger partial charge in [-0.05, 0) is 60.2 Å². The fourth-order valence-corrected chi connectivity index (χ4v) is 4.58. The van der Waals surface area contributed by atoms with Crippen LogP contribution in [0, 0.1) is 0 Å². The molecule has 0 spiro atoms. The largest absolute Gasteiger partial charge is 0.438 e. The summed E-state index contributed by atoms with van der Waals surface area (Å²) in [5, 5.41) is 0. The van der Waals surface area contributed by atoms with Gasteiger partial charge >= 0.3 is 0 Å². The van der Waals surface area contributed by atoms with Gasteiger partial charge in [0.1, 0.15) is 11.6 Å². The minimum atomic E-state index is -0.0801. The maximum absolute atomic E-state index is 13.0. The van der Waals surface area contributed by atoms with Crippen molar-refractivity contribution in [1.29, 1.82) is 0 Å². The van der Waals surface area contributed by atoms with Crippen molar-refractivity contribution in [3.05, 3.63) is 84.3 Å². The number of benzene rings is 3. The van der Waals surface area contributed by atoms with E-state index in [1.54, 1.807) is 0 Å². The second-order valence-corrected chi connectivity index (χ2v) is 8.91. The Bertz CT molecular complexity index is 1250. The Morgan fingerprint density at radius 2 is 1.79 bits per heavy atom. The zero-order valence-electron chi connectivity index (χ0n) is 19.2. The Labute approximate surface area is 194 Å². The molecule has 1 fully saturated rings. The van der Waals surface area contributed by atoms with Crippen molar-refractivity contribution in [3.8, 4) is 11.1 Å². The molecule has 5 rings (SSSR count). The van der Waals surface area contributed by atoms with E-state index in [4.69, 9.17) is 9.40 Å². The third-order valence-corrected chi connectivity index (χ3v) is 6.45. The number of carbonyl (C=O) groups excluding carboxylic acids is 1. The van der Waals surface area contributed by atoms with E-state index in [2.05, 4.69) is 53.4 Å². The van der Waals surface area contributed by atoms with Crippen LogP contribution < -0.4 is 4.90 Å². The minimum Gasteiger partial charge on any atom is -0.438 e. The lowest BCUT2D eigenvalue weighted by Crippen LogP contribution is -2.30. The quantitative estimate of drug-likeness (QED) is 0.378. The van der Waals surface area contributed by atoms with Crippen molar-refractivity contribution in [3.63, 3.8) is 0 Å². The lowest BCUT2D eigenvalue weighted by Gasteiger charge is -2.22. The maximum atomic E-state index is 13.0. The molecule has 4 aromatic rings. The molecule has 3 aromatic carbocycles. The van der Waals surface area contributed by atoms with Gasteiger partial charge in [-0.25, -0.2) is 4.98 Å². The Balaban J connectivity index is 1.34. The van der Waals surface area contributed by atoms with Crippen molar-refractivity contribution >= 4 is 22.7 Å². The summed E-state index contributed by atoms with van der Waals surface area (Å²) in [6.45, 7) is 0.764. The van der Waals surface area contributed by atoms with Crippen molar-refractivity contribution in [2.75, 3.05) is 25.5 Å². The molecule has 1 aliphatic heterocycles. The van der Waals surface area contributed by atoms with Crippen LogP contribution in [0.2, 0.25) is 0 Å². The van der Waals surface area contributed by atoms with Crippen LogP contribution in [0.3, 0.4) is 0 Å². The zero-order valence-corrected chi connectivity index (χ0v) is 19.2. The summed E-state index contributed by atoms with van der Waals surface area (Å²) in [7, 11) is 4.08. The van der Waals surface area contributed by atoms with Gasteiger partial charge in [-0.15, -0.1) is 0 Å². The average Bonchev–Trinajstić information content (AvgIpc) is 3.50. The second kappa shape index (κ2) is 9.10. The number of hydrogen-bond donors (Lipinski definition) is 0. The molecule has 0 saturated carbocycles. The molecule has 2 heterocycles. The average molecular weight is 440 g/mol. The first-order valence-electron chi connectivity index (χ1n) is 11.6. The number of carbonyl (C=O) groups is 1. The number of amides is 1. The van der Waals surface area contributed by atoms with Crippen LogP contribution in [0.25, 0.3) is 22.2 Å². The van der Waals surface area contributed by atoms with Gasteiger partial charge in [0, 0.05) is 32.7 Å². The van der Waals surface area contributed by atoms with Crippen molar-refractivity contribution in [2.45, 2.75) is 31.7 Å². The van der Waals surface area contributed by atoms with Crippen LogP contribution in [-0.4, -0.2) is 36.4 Å². The number of likely N-dealkylation sites (tertiary alicyclic amines) is 1. The Kier molecular flexibility index (Phi) is 5.86. The first kappa shape index (κ1) is 21.3. The molecule has 0 radical (unpaired) electrons. The fourth-order valence-electron chi connectivity index (χ4n) is 4.58. The minimum absolute atomic E-state index is 0.0801. The molecule has 1 amide bonds. The van der Waals surface area contributed by atoms with E-state index < -0.39 is 0 Å². The maximum Gasteiger partial charge on any atom is 0.223 e. The van der Waals surface area contributed by atoms with Gasteiger partial charge in [-0.2, -0.15) is 0 Å². The number of anilines is 1. The first-order valence-corrected chi connectivity index (χ1v) is 11.6. The van der Waals surface area contributed by atoms with Crippen molar-refractivity contribution in [2.24, 2.45) is 0 Å². The van der Waals surface area contributed by atoms with Crippen molar-refractivity contribution in [1.82, 2.24) is 9.88 Å². The van der Waals surface area contributed by atoms with Crippen LogP contribution in [0.5, 0.6) is 0 Å². The fraction of sp³-hybridized carbons (Fsp3) is 0.286. The summed E-state index contributed by atoms with van der Waals surface area (Å²) in [5.41, 5.74) is 6.21. The Morgan fingerprint density at radius 1 is 1.03 bits per heavy atom. The summed E-state index contributed by atoms with van der Waals surface area (Å²) in [6.07, 6.45) is 3.13. The van der Waals surface area contributed by atoms with Gasteiger partial charge in [0.25, 0.3) is 0 Å². The number of aryl methyl sites for hydroxylation is 1. The lowest BCUT2D eigenvalue weighted by atomic mass is 10.0. The summed E-state index contributed by atoms with van der Waals surface area (Å²) < 4.78 is 6.12. The van der Waals surface area contributed by atoms with Gasteiger partial charge in [0.15, 0.2) is 5.58 Å². The van der Waals surface area contributed by atoms with Crippen LogP contribution >= 0.6 is 0 Å². The van der Waals surface area contributed by atoms with E-state index >= 15 is 0 Å². The van der Waals surface area contributed by atoms with Gasteiger partial charge in [-0.3, -0.25) is 4.79 Å². The third kappa shape index (κ3) is 4.49. The standard InChI is InChI=1S/C28H29N3O2/c1-30(2)23-14-11-21(12-15-23)22-13-16-26-24(19-22)29-28(33-26)25-9-6-18-31(25)27(32)17-10-20-7-4-3-5-8-20/h3-5,7-8,11-16,19,25H,6,9-10,17-18H2,1-2H3. The summed E-state index contributed by atoms with van der Waals surface area (Å²) in [6, 6.07) is 24.7. The van der Waals surface area contributed by atoms with Gasteiger partial charge in [0.05, 0.1) is 0 Å². The molecule has 33 heavy (non-hydrogen) atoms. The number of fused-ring (bicyclic) bond motifs is 1. The predicted octanol–water partition coefficient (Wildman–Crippen LogP) is 5.86. The molecule has 1 aliphatic rings. The van der Waals surface area contributed by atoms with Gasteiger partial charge in [-0.1, -0.05) is 48.5 Å². The van der Waals surface area contributed by atoms with Crippen LogP contribution in [0.15, 0.2) is 77.2 Å². The highest BCUT2D eigenvalue weighted by Gasteiger charge is 2.33. The Morgan fingerprint density at radius 3 is 2.55 bits per heavy atom. The zero-order chi connectivity index (χ0) is 22.8. The number of hydrogen-bond acceptors (Lipinski definition) is 4. The topological polar surface area (TPSA) is 49.6 Å². The van der Waals surface area contributed by atoms with E-state index in [1.165, 1.54) is 11.3 Å². The van der Waals surface area contributed by atoms with Gasteiger partial charge < -0.3 is 14.2 Å². The first-order chi connectivity index (χ1) is 16.1. The molecule has 5 nitrogen and oxygen atoms in total. The normalized spacial score (nSPS) is 15.8. The second-order valence-electron chi connectivity index (χ2n) is 8.91. The number of rotatable bonds is 6.